The number of hydrogen-bond acceptors (Lipinski definition) is 2. The number of fused-ring (bicyclic) bond motifs is 1. The molecule has 0 fully saturated rings. The minimum Gasteiger partial charge on any atom is -0.398 e. The summed E-state index contributed by atoms with van der Waals surface area (Å²) in [5.41, 5.74) is 11.3. The first kappa shape index (κ1) is 13.3. The first-order chi connectivity index (χ1) is 9.54. The molecule has 0 amide bonds. The molecule has 0 atom stereocenters. The molecule has 0 aromatic heterocycles. The molecule has 0 bridgehead atoms. The number of benzene rings is 2. The average Bonchev–Trinajstić information content (AvgIpc) is 2.76. The zero-order valence-corrected chi connectivity index (χ0v) is 12.0. The number of anilines is 2. The summed E-state index contributed by atoms with van der Waals surface area (Å²) in [5.74, 6) is -0.305. The lowest BCUT2D eigenvalue weighted by Crippen LogP contribution is -2.20. The van der Waals surface area contributed by atoms with Crippen LogP contribution in [0.4, 0.5) is 15.8 Å². The lowest BCUT2D eigenvalue weighted by atomic mass is 10.1. The van der Waals surface area contributed by atoms with Gasteiger partial charge in [-0.3, -0.25) is 0 Å². The van der Waals surface area contributed by atoms with Crippen molar-refractivity contribution in [2.75, 3.05) is 17.2 Å². The Kier molecular flexibility index (Phi) is 3.30. The van der Waals surface area contributed by atoms with E-state index in [4.69, 9.17) is 17.3 Å². The van der Waals surface area contributed by atoms with E-state index in [1.54, 1.807) is 6.07 Å². The predicted octanol–water partition coefficient (Wildman–Crippen LogP) is 3.93. The van der Waals surface area contributed by atoms with E-state index in [9.17, 15) is 4.39 Å². The van der Waals surface area contributed by atoms with Crippen molar-refractivity contribution in [3.05, 3.63) is 57.9 Å². The second kappa shape index (κ2) is 4.98. The van der Waals surface area contributed by atoms with Crippen LogP contribution in [0.1, 0.15) is 16.7 Å². The summed E-state index contributed by atoms with van der Waals surface area (Å²) in [5, 5.41) is 0.471. The Morgan fingerprint density at radius 1 is 1.30 bits per heavy atom. The molecule has 0 saturated heterocycles. The third kappa shape index (κ3) is 2.34. The van der Waals surface area contributed by atoms with E-state index < -0.39 is 0 Å². The fourth-order valence-electron chi connectivity index (χ4n) is 2.66. The zero-order valence-electron chi connectivity index (χ0n) is 11.3. The van der Waals surface area contributed by atoms with Gasteiger partial charge in [0.15, 0.2) is 0 Å². The van der Waals surface area contributed by atoms with Crippen molar-refractivity contribution >= 4 is 23.0 Å². The number of nitrogens with two attached hydrogens (primary N) is 1. The molecule has 1 heterocycles. The van der Waals surface area contributed by atoms with Crippen LogP contribution in [0.5, 0.6) is 0 Å². The number of halogens is 2. The van der Waals surface area contributed by atoms with Crippen molar-refractivity contribution in [1.29, 1.82) is 0 Å². The van der Waals surface area contributed by atoms with Crippen molar-refractivity contribution in [1.82, 2.24) is 0 Å². The third-order valence-electron chi connectivity index (χ3n) is 3.84. The highest BCUT2D eigenvalue weighted by Gasteiger charge is 2.21. The van der Waals surface area contributed by atoms with Crippen LogP contribution < -0.4 is 10.6 Å². The molecule has 0 aliphatic carbocycles. The van der Waals surface area contributed by atoms with Gasteiger partial charge in [0.25, 0.3) is 0 Å². The minimum atomic E-state index is -0.305. The van der Waals surface area contributed by atoms with Crippen LogP contribution in [0, 0.1) is 12.7 Å². The number of nitrogens with zero attached hydrogens (tertiary/aromatic N) is 1. The summed E-state index contributed by atoms with van der Waals surface area (Å²) in [7, 11) is 0. The van der Waals surface area contributed by atoms with Crippen LogP contribution in [0.25, 0.3) is 0 Å². The molecule has 1 aliphatic heterocycles. The van der Waals surface area contributed by atoms with Crippen LogP contribution >= 0.6 is 11.6 Å². The van der Waals surface area contributed by atoms with Gasteiger partial charge in [0.1, 0.15) is 5.82 Å². The second-order valence-corrected chi connectivity index (χ2v) is 5.65. The van der Waals surface area contributed by atoms with E-state index in [0.29, 0.717) is 11.6 Å². The van der Waals surface area contributed by atoms with Gasteiger partial charge in [0, 0.05) is 29.5 Å². The smallest absolute Gasteiger partial charge is 0.124 e. The van der Waals surface area contributed by atoms with Crippen molar-refractivity contribution < 1.29 is 4.39 Å². The van der Waals surface area contributed by atoms with Crippen LogP contribution in [0.2, 0.25) is 5.02 Å². The Bertz CT molecular complexity index is 670. The minimum absolute atomic E-state index is 0.305. The first-order valence-corrected chi connectivity index (χ1v) is 7.00. The molecule has 0 spiro atoms. The summed E-state index contributed by atoms with van der Waals surface area (Å²) in [4.78, 5) is 2.24. The van der Waals surface area contributed by atoms with E-state index in [2.05, 4.69) is 11.0 Å². The molecule has 104 valence electrons. The van der Waals surface area contributed by atoms with E-state index in [-0.39, 0.29) is 5.82 Å². The van der Waals surface area contributed by atoms with Gasteiger partial charge in [-0.15, -0.1) is 0 Å². The molecule has 2 aromatic rings. The molecule has 0 unspecified atom stereocenters. The topological polar surface area (TPSA) is 29.3 Å². The highest BCUT2D eigenvalue weighted by Crippen LogP contribution is 2.33. The van der Waals surface area contributed by atoms with Crippen molar-refractivity contribution in [3.8, 4) is 0 Å². The molecule has 0 saturated carbocycles. The van der Waals surface area contributed by atoms with Gasteiger partial charge in [0.2, 0.25) is 0 Å². The molecule has 2 aromatic carbocycles. The van der Waals surface area contributed by atoms with E-state index in [0.717, 1.165) is 35.5 Å². The number of nitrogen functional groups attached to an aromatic ring is 1. The fraction of sp³-hybridized carbons (Fsp3) is 0.250. The Balaban J connectivity index is 1.90. The quantitative estimate of drug-likeness (QED) is 0.849. The van der Waals surface area contributed by atoms with Crippen molar-refractivity contribution in [3.63, 3.8) is 0 Å². The second-order valence-electron chi connectivity index (χ2n) is 5.24. The Morgan fingerprint density at radius 2 is 2.10 bits per heavy atom. The van der Waals surface area contributed by atoms with E-state index in [1.165, 1.54) is 17.7 Å². The lowest BCUT2D eigenvalue weighted by Gasteiger charge is -2.21. The maximum Gasteiger partial charge on any atom is 0.124 e. The zero-order chi connectivity index (χ0) is 14.3. The van der Waals surface area contributed by atoms with Crippen LogP contribution in [0.15, 0.2) is 30.3 Å². The van der Waals surface area contributed by atoms with Gasteiger partial charge in [-0.2, -0.15) is 0 Å². The maximum atomic E-state index is 13.1. The SMILES string of the molecule is Cc1cc2c(cc1N)N(Cc1ccc(F)cc1Cl)CC2. The predicted molar refractivity (Wildman–Crippen MR) is 81.8 cm³/mol. The van der Waals surface area contributed by atoms with Gasteiger partial charge >= 0.3 is 0 Å². The Morgan fingerprint density at radius 3 is 2.85 bits per heavy atom. The van der Waals surface area contributed by atoms with Gasteiger partial charge in [-0.05, 0) is 48.2 Å². The highest BCUT2D eigenvalue weighted by atomic mass is 35.5. The molecule has 0 radical (unpaired) electrons. The summed E-state index contributed by atoms with van der Waals surface area (Å²) in [6.45, 7) is 3.63. The fourth-order valence-corrected chi connectivity index (χ4v) is 2.89. The summed E-state index contributed by atoms with van der Waals surface area (Å²) in [6, 6.07) is 8.72. The summed E-state index contributed by atoms with van der Waals surface area (Å²) < 4.78 is 13.1. The van der Waals surface area contributed by atoms with Gasteiger partial charge in [-0.25, -0.2) is 4.39 Å². The highest BCUT2D eigenvalue weighted by molar-refractivity contribution is 6.31. The monoisotopic (exact) mass is 290 g/mol. The van der Waals surface area contributed by atoms with Crippen LogP contribution in [-0.4, -0.2) is 6.54 Å². The van der Waals surface area contributed by atoms with Crippen molar-refractivity contribution in [2.24, 2.45) is 0 Å². The molecule has 20 heavy (non-hydrogen) atoms. The number of rotatable bonds is 2. The van der Waals surface area contributed by atoms with Gasteiger partial charge in [-0.1, -0.05) is 23.7 Å². The van der Waals surface area contributed by atoms with E-state index >= 15 is 0 Å². The molecule has 3 rings (SSSR count). The number of aryl methyl sites for hydroxylation is 1. The maximum absolute atomic E-state index is 13.1. The van der Waals surface area contributed by atoms with E-state index in [1.807, 2.05) is 13.0 Å². The summed E-state index contributed by atoms with van der Waals surface area (Å²) in [6.07, 6.45) is 1.01. The van der Waals surface area contributed by atoms with Gasteiger partial charge in [0.05, 0.1) is 0 Å². The Hall–Kier alpha value is -1.74. The average molecular weight is 291 g/mol. The summed E-state index contributed by atoms with van der Waals surface area (Å²) >= 11 is 6.10. The first-order valence-electron chi connectivity index (χ1n) is 6.62. The molecule has 1 aliphatic rings. The van der Waals surface area contributed by atoms with Crippen molar-refractivity contribution in [2.45, 2.75) is 19.9 Å². The normalized spacial score (nSPS) is 13.7. The third-order valence-corrected chi connectivity index (χ3v) is 4.19. The largest absolute Gasteiger partial charge is 0.398 e. The number of hydrogen-bond donors (Lipinski definition) is 1. The molecular formula is C16H16ClFN2. The van der Waals surface area contributed by atoms with Gasteiger partial charge < -0.3 is 10.6 Å². The van der Waals surface area contributed by atoms with Crippen LogP contribution in [0.3, 0.4) is 0 Å². The lowest BCUT2D eigenvalue weighted by molar-refractivity contribution is 0.627. The van der Waals surface area contributed by atoms with Crippen LogP contribution in [-0.2, 0) is 13.0 Å². The Labute approximate surface area is 123 Å². The molecule has 2 nitrogen and oxygen atoms in total. The molecule has 2 N–H and O–H groups in total. The standard InChI is InChI=1S/C16H16ClFN2/c1-10-6-11-4-5-20(16(11)8-15(10)19)9-12-2-3-13(18)7-14(12)17/h2-3,6-8H,4-5,9,19H2,1H3. The molecule has 4 heteroatoms. The molecular weight excluding hydrogens is 275 g/mol.